The smallest absolute Gasteiger partial charge is 0.255 e. The molecule has 6 nitrogen and oxygen atoms in total. The van der Waals surface area contributed by atoms with Crippen LogP contribution in [0, 0.1) is 11.3 Å². The second-order valence-corrected chi connectivity index (χ2v) is 8.98. The number of ether oxygens (including phenoxy) is 1. The zero-order valence-corrected chi connectivity index (χ0v) is 18.6. The number of nitrogens with zero attached hydrogens (tertiary/aromatic N) is 1. The van der Waals surface area contributed by atoms with E-state index in [9.17, 15) is 9.59 Å². The first-order valence-corrected chi connectivity index (χ1v) is 11.0. The number of hydrogen-bond acceptors (Lipinski definition) is 4. The van der Waals surface area contributed by atoms with Gasteiger partial charge in [0.1, 0.15) is 5.75 Å². The molecule has 7 heteroatoms. The normalized spacial score (nSPS) is 25.1. The molecule has 0 unspecified atom stereocenters. The molecule has 1 saturated heterocycles. The van der Waals surface area contributed by atoms with Crippen LogP contribution in [-0.4, -0.2) is 50.0 Å². The van der Waals surface area contributed by atoms with E-state index in [2.05, 4.69) is 27.7 Å². The summed E-state index contributed by atoms with van der Waals surface area (Å²) in [5, 5.41) is 6.51. The molecule has 2 fully saturated rings. The minimum Gasteiger partial charge on any atom is -0.496 e. The number of hydrogen-bond donors (Lipinski definition) is 2. The monoisotopic (exact) mass is 441 g/mol. The van der Waals surface area contributed by atoms with Gasteiger partial charge in [-0.05, 0) is 42.5 Å². The number of carbonyl (C=O) groups is 2. The lowest BCUT2D eigenvalue weighted by atomic mass is 9.80. The number of likely N-dealkylation sites (tertiary alicyclic amines) is 1. The summed E-state index contributed by atoms with van der Waals surface area (Å²) in [7, 11) is 3.21. The fourth-order valence-electron chi connectivity index (χ4n) is 5.26. The molecular formula is C24H28ClN3O3. The predicted molar refractivity (Wildman–Crippen MR) is 120 cm³/mol. The SMILES string of the molecule is CNC(=O)[C@]12C[C@@H](NC(=O)c3ccc(Cl)cc3OC)C[C@H]1CN(Cc1ccccc1)C2. The van der Waals surface area contributed by atoms with Gasteiger partial charge in [0, 0.05) is 37.7 Å². The van der Waals surface area contributed by atoms with Gasteiger partial charge in [-0.25, -0.2) is 0 Å². The Bertz CT molecular complexity index is 968. The number of halogens is 1. The zero-order valence-electron chi connectivity index (χ0n) is 17.9. The summed E-state index contributed by atoms with van der Waals surface area (Å²) in [6.45, 7) is 2.37. The highest BCUT2D eigenvalue weighted by molar-refractivity contribution is 6.30. The Morgan fingerprint density at radius 2 is 2.00 bits per heavy atom. The van der Waals surface area contributed by atoms with Gasteiger partial charge in [-0.15, -0.1) is 0 Å². The summed E-state index contributed by atoms with van der Waals surface area (Å²) in [5.41, 5.74) is 1.21. The summed E-state index contributed by atoms with van der Waals surface area (Å²) in [6.07, 6.45) is 1.41. The quantitative estimate of drug-likeness (QED) is 0.722. The van der Waals surface area contributed by atoms with Gasteiger partial charge in [0.25, 0.3) is 5.91 Å². The van der Waals surface area contributed by atoms with Crippen molar-refractivity contribution in [3.8, 4) is 5.75 Å². The van der Waals surface area contributed by atoms with Gasteiger partial charge in [-0.3, -0.25) is 14.5 Å². The van der Waals surface area contributed by atoms with Gasteiger partial charge in [0.2, 0.25) is 5.91 Å². The van der Waals surface area contributed by atoms with Gasteiger partial charge >= 0.3 is 0 Å². The van der Waals surface area contributed by atoms with E-state index >= 15 is 0 Å². The maximum atomic E-state index is 13.0. The first-order valence-electron chi connectivity index (χ1n) is 10.6. The second-order valence-electron chi connectivity index (χ2n) is 8.54. The summed E-state index contributed by atoms with van der Waals surface area (Å²) < 4.78 is 5.32. The maximum absolute atomic E-state index is 13.0. The molecule has 31 heavy (non-hydrogen) atoms. The van der Waals surface area contributed by atoms with Gasteiger partial charge in [0.05, 0.1) is 18.1 Å². The van der Waals surface area contributed by atoms with E-state index in [0.717, 1.165) is 19.5 Å². The number of carbonyl (C=O) groups excluding carboxylic acids is 2. The molecule has 2 aliphatic rings. The summed E-state index contributed by atoms with van der Waals surface area (Å²) in [5.74, 6) is 0.507. The highest BCUT2D eigenvalue weighted by Crippen LogP contribution is 2.49. The summed E-state index contributed by atoms with van der Waals surface area (Å²) >= 11 is 6.02. The number of methoxy groups -OCH3 is 1. The van der Waals surface area contributed by atoms with Crippen molar-refractivity contribution in [3.63, 3.8) is 0 Å². The molecule has 164 valence electrons. The molecule has 1 aliphatic carbocycles. The van der Waals surface area contributed by atoms with Crippen molar-refractivity contribution in [2.24, 2.45) is 11.3 Å². The van der Waals surface area contributed by atoms with Crippen LogP contribution in [0.4, 0.5) is 0 Å². The van der Waals surface area contributed by atoms with Gasteiger partial charge < -0.3 is 15.4 Å². The number of amides is 2. The maximum Gasteiger partial charge on any atom is 0.255 e. The Hall–Kier alpha value is -2.57. The Morgan fingerprint density at radius 3 is 2.71 bits per heavy atom. The standard InChI is InChI=1S/C24H28ClN3O3/c1-26-23(30)24-12-19(27-22(29)20-9-8-18(25)11-21(20)31-2)10-17(24)14-28(15-24)13-16-6-4-3-5-7-16/h3-9,11,17,19H,10,12-15H2,1-2H3,(H,26,30)(H,27,29)/t17-,19-,24-/m0/s1. The molecule has 0 spiro atoms. The Kier molecular flexibility index (Phi) is 6.21. The summed E-state index contributed by atoms with van der Waals surface area (Å²) in [4.78, 5) is 28.2. The van der Waals surface area contributed by atoms with Crippen LogP contribution in [0.15, 0.2) is 48.5 Å². The molecule has 1 aliphatic heterocycles. The molecule has 3 atom stereocenters. The van der Waals surface area contributed by atoms with E-state index in [1.54, 1.807) is 25.2 Å². The predicted octanol–water partition coefficient (Wildman–Crippen LogP) is 3.11. The lowest BCUT2D eigenvalue weighted by molar-refractivity contribution is -0.131. The lowest BCUT2D eigenvalue weighted by Gasteiger charge is -2.27. The molecule has 2 aromatic carbocycles. The van der Waals surface area contributed by atoms with E-state index < -0.39 is 5.41 Å². The minimum absolute atomic E-state index is 0.0611. The van der Waals surface area contributed by atoms with Crippen molar-refractivity contribution >= 4 is 23.4 Å². The van der Waals surface area contributed by atoms with Crippen molar-refractivity contribution in [2.45, 2.75) is 25.4 Å². The van der Waals surface area contributed by atoms with Crippen LogP contribution in [-0.2, 0) is 11.3 Å². The molecule has 0 bridgehead atoms. The molecule has 4 rings (SSSR count). The topological polar surface area (TPSA) is 70.7 Å². The highest BCUT2D eigenvalue weighted by Gasteiger charge is 2.57. The van der Waals surface area contributed by atoms with Crippen LogP contribution in [0.1, 0.15) is 28.8 Å². The fraction of sp³-hybridized carbons (Fsp3) is 0.417. The molecule has 1 saturated carbocycles. The van der Waals surface area contributed by atoms with Crippen molar-refractivity contribution < 1.29 is 14.3 Å². The van der Waals surface area contributed by atoms with E-state index in [4.69, 9.17) is 16.3 Å². The van der Waals surface area contributed by atoms with Gasteiger partial charge in [-0.1, -0.05) is 41.9 Å². The van der Waals surface area contributed by atoms with E-state index in [1.165, 1.54) is 12.7 Å². The summed E-state index contributed by atoms with van der Waals surface area (Å²) in [6, 6.07) is 15.2. The third-order valence-corrected chi connectivity index (χ3v) is 6.85. The van der Waals surface area contributed by atoms with Crippen LogP contribution in [0.3, 0.4) is 0 Å². The Balaban J connectivity index is 1.47. The third-order valence-electron chi connectivity index (χ3n) is 6.62. The molecule has 2 aromatic rings. The fourth-order valence-corrected chi connectivity index (χ4v) is 5.43. The number of fused-ring (bicyclic) bond motifs is 1. The average molecular weight is 442 g/mol. The van der Waals surface area contributed by atoms with Crippen LogP contribution in [0.2, 0.25) is 5.02 Å². The first kappa shape index (κ1) is 21.7. The molecular weight excluding hydrogens is 414 g/mol. The van der Waals surface area contributed by atoms with E-state index in [0.29, 0.717) is 29.3 Å². The van der Waals surface area contributed by atoms with Crippen molar-refractivity contribution in [1.82, 2.24) is 15.5 Å². The average Bonchev–Trinajstić information content (AvgIpc) is 3.27. The van der Waals surface area contributed by atoms with Crippen LogP contribution in [0.5, 0.6) is 5.75 Å². The Labute approximate surface area is 187 Å². The number of rotatable bonds is 6. The van der Waals surface area contributed by atoms with Crippen LogP contribution >= 0.6 is 11.6 Å². The largest absolute Gasteiger partial charge is 0.496 e. The molecule has 0 aromatic heterocycles. The van der Waals surface area contributed by atoms with Crippen LogP contribution < -0.4 is 15.4 Å². The van der Waals surface area contributed by atoms with Gasteiger partial charge in [0.15, 0.2) is 0 Å². The second kappa shape index (κ2) is 8.89. The van der Waals surface area contributed by atoms with Crippen molar-refractivity contribution in [3.05, 3.63) is 64.7 Å². The molecule has 1 heterocycles. The number of benzene rings is 2. The minimum atomic E-state index is -0.481. The number of nitrogens with one attached hydrogen (secondary N) is 2. The zero-order chi connectivity index (χ0) is 22.0. The Morgan fingerprint density at radius 1 is 1.23 bits per heavy atom. The first-order chi connectivity index (χ1) is 14.9. The third kappa shape index (κ3) is 4.27. The molecule has 2 N–H and O–H groups in total. The van der Waals surface area contributed by atoms with Crippen LogP contribution in [0.25, 0.3) is 0 Å². The van der Waals surface area contributed by atoms with Crippen molar-refractivity contribution in [1.29, 1.82) is 0 Å². The highest BCUT2D eigenvalue weighted by atomic mass is 35.5. The van der Waals surface area contributed by atoms with E-state index in [-0.39, 0.29) is 23.8 Å². The lowest BCUT2D eigenvalue weighted by Crippen LogP contribution is -2.44. The molecule has 2 amide bonds. The molecule has 0 radical (unpaired) electrons. The van der Waals surface area contributed by atoms with E-state index in [1.807, 2.05) is 18.2 Å². The van der Waals surface area contributed by atoms with Gasteiger partial charge in [-0.2, -0.15) is 0 Å². The van der Waals surface area contributed by atoms with Crippen molar-refractivity contribution in [2.75, 3.05) is 27.2 Å².